The number of thioether (sulfide) groups is 1. The largest absolute Gasteiger partial charge is 0.316 e. The Morgan fingerprint density at radius 1 is 1.30 bits per heavy atom. The third-order valence-electron chi connectivity index (χ3n) is 3.73. The molecule has 2 saturated heterocycles. The molecule has 2 rings (SSSR count). The van der Waals surface area contributed by atoms with E-state index in [0.717, 1.165) is 25.6 Å². The van der Waals surface area contributed by atoms with Gasteiger partial charge in [0.1, 0.15) is 5.37 Å². The highest BCUT2D eigenvalue weighted by Gasteiger charge is 2.39. The molecule has 1 N–H and O–H groups in total. The van der Waals surface area contributed by atoms with E-state index in [0.29, 0.717) is 24.6 Å². The highest BCUT2D eigenvalue weighted by molar-refractivity contribution is 8.01. The molecule has 6 nitrogen and oxygen atoms in total. The monoisotopic (exact) mass is 342 g/mol. The molecule has 2 aliphatic heterocycles. The molecule has 0 aromatic rings. The summed E-state index contributed by atoms with van der Waals surface area (Å²) in [6.45, 7) is 1.93. The summed E-state index contributed by atoms with van der Waals surface area (Å²) in [5, 5.41) is 2.30. The first-order chi connectivity index (χ1) is 9.31. The van der Waals surface area contributed by atoms with Gasteiger partial charge in [-0.05, 0) is 31.8 Å². The van der Waals surface area contributed by atoms with E-state index in [1.54, 1.807) is 0 Å². The van der Waals surface area contributed by atoms with Crippen LogP contribution in [0, 0.1) is 5.92 Å². The van der Waals surface area contributed by atoms with E-state index in [9.17, 15) is 16.8 Å². The zero-order valence-electron chi connectivity index (χ0n) is 11.6. The topological polar surface area (TPSA) is 83.6 Å². The Morgan fingerprint density at radius 2 is 2.05 bits per heavy atom. The molecule has 2 fully saturated rings. The van der Waals surface area contributed by atoms with Crippen molar-refractivity contribution < 1.29 is 16.8 Å². The lowest BCUT2D eigenvalue weighted by Crippen LogP contribution is -2.51. The van der Waals surface area contributed by atoms with Crippen LogP contribution in [0.1, 0.15) is 12.8 Å². The number of nitrogens with zero attached hydrogens (tertiary/aromatic N) is 1. The van der Waals surface area contributed by atoms with Crippen LogP contribution in [0.25, 0.3) is 0 Å². The predicted molar refractivity (Wildman–Crippen MR) is 82.0 cm³/mol. The lowest BCUT2D eigenvalue weighted by Gasteiger charge is -2.34. The summed E-state index contributed by atoms with van der Waals surface area (Å²) in [6.07, 6.45) is 2.98. The van der Waals surface area contributed by atoms with E-state index in [1.807, 2.05) is 0 Å². The minimum absolute atomic E-state index is 0.0523. The summed E-state index contributed by atoms with van der Waals surface area (Å²) in [5.41, 5.74) is 0. The van der Waals surface area contributed by atoms with Crippen molar-refractivity contribution in [2.45, 2.75) is 18.2 Å². The van der Waals surface area contributed by atoms with Crippen LogP contribution < -0.4 is 5.32 Å². The summed E-state index contributed by atoms with van der Waals surface area (Å²) in [6, 6.07) is 0. The van der Waals surface area contributed by atoms with Gasteiger partial charge >= 0.3 is 0 Å². The SMILES string of the molecule is CS(=O)(=O)C1CSCCN1S(=O)(=O)CC1CCCNC1. The van der Waals surface area contributed by atoms with Crippen molar-refractivity contribution in [2.75, 3.05) is 43.1 Å². The van der Waals surface area contributed by atoms with Gasteiger partial charge in [0, 0.05) is 24.3 Å². The van der Waals surface area contributed by atoms with Crippen LogP contribution in [-0.2, 0) is 19.9 Å². The average Bonchev–Trinajstić information content (AvgIpc) is 2.38. The van der Waals surface area contributed by atoms with Crippen molar-refractivity contribution in [3.05, 3.63) is 0 Å². The highest BCUT2D eigenvalue weighted by Crippen LogP contribution is 2.25. The second kappa shape index (κ2) is 6.51. The van der Waals surface area contributed by atoms with Gasteiger partial charge in [-0.1, -0.05) is 0 Å². The first kappa shape index (κ1) is 16.5. The Labute approximate surface area is 125 Å². The lowest BCUT2D eigenvalue weighted by atomic mass is 10.0. The van der Waals surface area contributed by atoms with Crippen LogP contribution in [0.3, 0.4) is 0 Å². The standard InChI is InChI=1S/C11H22N2O4S3/c1-19(14,15)11-8-18-6-5-13(11)20(16,17)9-10-3-2-4-12-7-10/h10-12H,2-9H2,1H3. The molecule has 0 saturated carbocycles. The summed E-state index contributed by atoms with van der Waals surface area (Å²) in [7, 11) is -6.90. The van der Waals surface area contributed by atoms with Crippen LogP contribution in [0.4, 0.5) is 0 Å². The van der Waals surface area contributed by atoms with Gasteiger partial charge < -0.3 is 5.32 Å². The van der Waals surface area contributed by atoms with Gasteiger partial charge in [-0.25, -0.2) is 16.8 Å². The van der Waals surface area contributed by atoms with Crippen molar-refractivity contribution in [1.29, 1.82) is 0 Å². The van der Waals surface area contributed by atoms with E-state index in [4.69, 9.17) is 0 Å². The second-order valence-corrected chi connectivity index (χ2v) is 10.8. The van der Waals surface area contributed by atoms with Crippen LogP contribution >= 0.6 is 11.8 Å². The third-order valence-corrected chi connectivity index (χ3v) is 8.56. The summed E-state index contributed by atoms with van der Waals surface area (Å²) < 4.78 is 49.9. The Morgan fingerprint density at radius 3 is 2.65 bits per heavy atom. The maximum atomic E-state index is 12.5. The fourth-order valence-electron chi connectivity index (χ4n) is 2.68. The summed E-state index contributed by atoms with van der Waals surface area (Å²) in [4.78, 5) is 0. The molecule has 0 aliphatic carbocycles. The second-order valence-electron chi connectivity index (χ2n) is 5.46. The van der Waals surface area contributed by atoms with E-state index in [2.05, 4.69) is 5.32 Å². The molecule has 2 atom stereocenters. The Balaban J connectivity index is 2.13. The molecular formula is C11H22N2O4S3. The van der Waals surface area contributed by atoms with Crippen LogP contribution in [-0.4, -0.2) is 69.7 Å². The number of hydrogen-bond acceptors (Lipinski definition) is 6. The van der Waals surface area contributed by atoms with Gasteiger partial charge in [-0.15, -0.1) is 0 Å². The molecule has 118 valence electrons. The van der Waals surface area contributed by atoms with Crippen molar-refractivity contribution in [3.63, 3.8) is 0 Å². The van der Waals surface area contributed by atoms with Crippen LogP contribution in [0.15, 0.2) is 0 Å². The smallest absolute Gasteiger partial charge is 0.215 e. The molecule has 0 radical (unpaired) electrons. The van der Waals surface area contributed by atoms with Crippen molar-refractivity contribution in [2.24, 2.45) is 5.92 Å². The number of rotatable bonds is 4. The minimum atomic E-state index is -3.51. The number of nitrogens with one attached hydrogen (secondary N) is 1. The molecule has 2 aliphatic rings. The zero-order valence-corrected chi connectivity index (χ0v) is 14.1. The van der Waals surface area contributed by atoms with Crippen molar-refractivity contribution >= 4 is 31.6 Å². The van der Waals surface area contributed by atoms with Gasteiger partial charge in [0.05, 0.1) is 5.75 Å². The molecule has 0 bridgehead atoms. The summed E-state index contributed by atoms with van der Waals surface area (Å²) >= 11 is 1.50. The van der Waals surface area contributed by atoms with Gasteiger partial charge in [-0.2, -0.15) is 16.1 Å². The molecule has 20 heavy (non-hydrogen) atoms. The predicted octanol–water partition coefficient (Wildman–Crippen LogP) is -0.265. The van der Waals surface area contributed by atoms with E-state index < -0.39 is 25.2 Å². The van der Waals surface area contributed by atoms with E-state index >= 15 is 0 Å². The Hall–Kier alpha value is 0.170. The minimum Gasteiger partial charge on any atom is -0.316 e. The molecule has 9 heteroatoms. The number of piperidine rings is 1. The van der Waals surface area contributed by atoms with Crippen molar-refractivity contribution in [1.82, 2.24) is 9.62 Å². The molecule has 0 aromatic heterocycles. The summed E-state index contributed by atoms with van der Waals surface area (Å²) in [5.74, 6) is 1.13. The number of sulfone groups is 1. The van der Waals surface area contributed by atoms with Gasteiger partial charge in [0.15, 0.2) is 9.84 Å². The quantitative estimate of drug-likeness (QED) is 0.758. The molecule has 2 unspecified atom stereocenters. The fourth-order valence-corrected chi connectivity index (χ4v) is 8.31. The van der Waals surface area contributed by atoms with Gasteiger partial charge in [0.25, 0.3) is 0 Å². The third kappa shape index (κ3) is 4.09. The van der Waals surface area contributed by atoms with Crippen molar-refractivity contribution in [3.8, 4) is 0 Å². The first-order valence-corrected chi connectivity index (χ1v) is 11.5. The molecule has 0 spiro atoms. The maximum absolute atomic E-state index is 12.5. The first-order valence-electron chi connectivity index (χ1n) is 6.77. The number of hydrogen-bond donors (Lipinski definition) is 1. The normalized spacial score (nSPS) is 30.2. The Kier molecular flexibility index (Phi) is 5.39. The Bertz CT molecular complexity index is 526. The molecule has 2 heterocycles. The van der Waals surface area contributed by atoms with Gasteiger partial charge in [-0.3, -0.25) is 0 Å². The number of sulfonamides is 1. The average molecular weight is 343 g/mol. The zero-order chi connectivity index (χ0) is 14.8. The molecular weight excluding hydrogens is 320 g/mol. The highest BCUT2D eigenvalue weighted by atomic mass is 32.2. The van der Waals surface area contributed by atoms with Crippen LogP contribution in [0.5, 0.6) is 0 Å². The van der Waals surface area contributed by atoms with Gasteiger partial charge in [0.2, 0.25) is 10.0 Å². The molecule has 0 amide bonds. The van der Waals surface area contributed by atoms with Crippen LogP contribution in [0.2, 0.25) is 0 Å². The fraction of sp³-hybridized carbons (Fsp3) is 1.00. The van der Waals surface area contributed by atoms with E-state index in [1.165, 1.54) is 16.1 Å². The lowest BCUT2D eigenvalue weighted by molar-refractivity contribution is 0.374. The van der Waals surface area contributed by atoms with E-state index in [-0.39, 0.29) is 11.7 Å². The molecule has 0 aromatic carbocycles. The maximum Gasteiger partial charge on any atom is 0.215 e.